The molecule has 0 amide bonds. The fourth-order valence-corrected chi connectivity index (χ4v) is 2.39. The van der Waals surface area contributed by atoms with Crippen molar-refractivity contribution < 1.29 is 34.4 Å². The molecule has 0 saturated carbocycles. The minimum absolute atomic E-state index is 2.57. The fourth-order valence-electron chi connectivity index (χ4n) is 0.320. The molecule has 0 fully saturated rings. The molecular formula is C3H4F4O4S2. The van der Waals surface area contributed by atoms with Crippen molar-refractivity contribution in [1.29, 1.82) is 0 Å². The normalized spacial score (nSPS) is 14.5. The minimum Gasteiger partial charge on any atom is -0.233 e. The summed E-state index contributed by atoms with van der Waals surface area (Å²) >= 11 is 0. The summed E-state index contributed by atoms with van der Waals surface area (Å²) in [4.78, 5) is 0. The van der Waals surface area contributed by atoms with Crippen LogP contribution in [0.1, 0.15) is 0 Å². The van der Waals surface area contributed by atoms with Gasteiger partial charge in [0.25, 0.3) is 19.7 Å². The summed E-state index contributed by atoms with van der Waals surface area (Å²) in [5.41, 5.74) is 0. The molecule has 80 valence electrons. The van der Waals surface area contributed by atoms with E-state index >= 15 is 0 Å². The lowest BCUT2D eigenvalue weighted by atomic mass is 11.6. The van der Waals surface area contributed by atoms with Gasteiger partial charge in [-0.05, 0) is 0 Å². The Morgan fingerprint density at radius 2 is 1.08 bits per heavy atom. The van der Waals surface area contributed by atoms with Crippen LogP contribution in [0.3, 0.4) is 0 Å². The second-order valence-electron chi connectivity index (χ2n) is 1.91. The smallest absolute Gasteiger partial charge is 0.233 e. The topological polar surface area (TPSA) is 68.3 Å². The largest absolute Gasteiger partial charge is 0.449 e. The van der Waals surface area contributed by atoms with Gasteiger partial charge in [-0.1, -0.05) is 0 Å². The maximum Gasteiger partial charge on any atom is 0.449 e. The number of sulfone groups is 2. The van der Waals surface area contributed by atoms with E-state index in [4.69, 9.17) is 0 Å². The zero-order valence-electron chi connectivity index (χ0n) is 5.88. The zero-order chi connectivity index (χ0) is 10.9. The van der Waals surface area contributed by atoms with Crippen LogP contribution >= 0.6 is 0 Å². The summed E-state index contributed by atoms with van der Waals surface area (Å²) in [7, 11) is -11.6. The van der Waals surface area contributed by atoms with Crippen molar-refractivity contribution in [2.75, 3.05) is 12.0 Å². The van der Waals surface area contributed by atoms with Crippen LogP contribution in [0, 0.1) is 0 Å². The maximum atomic E-state index is 12.3. The predicted octanol–water partition coefficient (Wildman–Crippen LogP) is 0.220. The van der Waals surface area contributed by atoms with E-state index in [9.17, 15) is 34.4 Å². The van der Waals surface area contributed by atoms with E-state index < -0.39 is 36.3 Å². The summed E-state index contributed by atoms with van der Waals surface area (Å²) in [5.74, 6) is 0. The Labute approximate surface area is 71.4 Å². The number of hydrogen-bond donors (Lipinski definition) is 0. The van der Waals surface area contributed by atoms with Crippen molar-refractivity contribution in [3.8, 4) is 0 Å². The van der Waals surface area contributed by atoms with Gasteiger partial charge in [-0.3, -0.25) is 0 Å². The lowest BCUT2D eigenvalue weighted by Gasteiger charge is -2.12. The van der Waals surface area contributed by atoms with Crippen molar-refractivity contribution in [2.45, 2.75) is 4.59 Å². The molecule has 0 aliphatic heterocycles. The number of alkyl halides is 4. The molecule has 0 aliphatic rings. The van der Waals surface area contributed by atoms with E-state index in [0.29, 0.717) is 0 Å². The minimum atomic E-state index is -5.80. The summed E-state index contributed by atoms with van der Waals surface area (Å²) in [6, 6.07) is -5.14. The van der Waals surface area contributed by atoms with Crippen LogP contribution in [0.2, 0.25) is 0 Å². The molecule has 0 aromatic carbocycles. The molecule has 0 rings (SSSR count). The Hall–Kier alpha value is -0.380. The first kappa shape index (κ1) is 12.6. The number of halogens is 4. The highest BCUT2D eigenvalue weighted by Gasteiger charge is 2.57. The summed E-state index contributed by atoms with van der Waals surface area (Å²) in [6.07, 6.45) is 0. The van der Waals surface area contributed by atoms with E-state index in [-0.39, 0.29) is 0 Å². The van der Waals surface area contributed by atoms with Crippen molar-refractivity contribution in [2.24, 2.45) is 0 Å². The van der Waals surface area contributed by atoms with Crippen LogP contribution < -0.4 is 0 Å². The molecule has 0 spiro atoms. The quantitative estimate of drug-likeness (QED) is 0.663. The third kappa shape index (κ3) is 1.93. The first-order valence-electron chi connectivity index (χ1n) is 2.56. The molecule has 0 atom stereocenters. The Morgan fingerprint density at radius 3 is 1.23 bits per heavy atom. The highest BCUT2D eigenvalue weighted by molar-refractivity contribution is 8.09. The van der Waals surface area contributed by atoms with E-state index in [1.165, 1.54) is 0 Å². The molecule has 13 heavy (non-hydrogen) atoms. The van der Waals surface area contributed by atoms with Crippen molar-refractivity contribution in [3.05, 3.63) is 0 Å². The third-order valence-corrected chi connectivity index (χ3v) is 4.56. The summed E-state index contributed by atoms with van der Waals surface area (Å²) in [6.45, 7) is 0. The number of hydrogen-bond acceptors (Lipinski definition) is 4. The van der Waals surface area contributed by atoms with Gasteiger partial charge in [0, 0.05) is 0 Å². The molecule has 0 aliphatic carbocycles. The van der Waals surface area contributed by atoms with Gasteiger partial charge in [0.2, 0.25) is 0 Å². The monoisotopic (exact) mass is 244 g/mol. The highest BCUT2D eigenvalue weighted by atomic mass is 32.3. The van der Waals surface area contributed by atoms with E-state index in [0.717, 1.165) is 0 Å². The van der Waals surface area contributed by atoms with Gasteiger partial charge in [-0.15, -0.1) is 0 Å². The molecule has 0 aromatic rings. The third-order valence-electron chi connectivity index (χ3n) is 1.01. The van der Waals surface area contributed by atoms with Crippen molar-refractivity contribution >= 4 is 19.7 Å². The second kappa shape index (κ2) is 3.40. The average Bonchev–Trinajstić information content (AvgIpc) is 2.03. The zero-order valence-corrected chi connectivity index (χ0v) is 7.51. The lowest BCUT2D eigenvalue weighted by molar-refractivity contribution is 0.176. The molecule has 4 nitrogen and oxygen atoms in total. The standard InChI is InChI=1S/C3H4F4O4S2/c4-1-12(8,9)3(6,7)13(10,11)2-5/h1-2H2. The van der Waals surface area contributed by atoms with E-state index in [1.807, 2.05) is 0 Å². The molecule has 0 saturated heterocycles. The van der Waals surface area contributed by atoms with Crippen LogP contribution in [-0.4, -0.2) is 33.4 Å². The van der Waals surface area contributed by atoms with E-state index in [2.05, 4.69) is 0 Å². The van der Waals surface area contributed by atoms with Gasteiger partial charge in [0.05, 0.1) is 0 Å². The van der Waals surface area contributed by atoms with Gasteiger partial charge >= 0.3 is 4.59 Å². The van der Waals surface area contributed by atoms with Crippen molar-refractivity contribution in [3.63, 3.8) is 0 Å². The van der Waals surface area contributed by atoms with E-state index in [1.54, 1.807) is 0 Å². The van der Waals surface area contributed by atoms with Gasteiger partial charge in [0.1, 0.15) is 0 Å². The van der Waals surface area contributed by atoms with Crippen LogP contribution in [-0.2, 0) is 19.7 Å². The Balaban J connectivity index is 5.49. The highest BCUT2D eigenvalue weighted by Crippen LogP contribution is 2.30. The Morgan fingerprint density at radius 1 is 0.846 bits per heavy atom. The SMILES string of the molecule is O=S(=O)(CF)C(F)(F)S(=O)(=O)CF. The molecule has 0 radical (unpaired) electrons. The van der Waals surface area contributed by atoms with Crippen molar-refractivity contribution in [1.82, 2.24) is 0 Å². The van der Waals surface area contributed by atoms with Gasteiger partial charge in [-0.2, -0.15) is 8.78 Å². The van der Waals surface area contributed by atoms with Gasteiger partial charge in [-0.25, -0.2) is 25.6 Å². The summed E-state index contributed by atoms with van der Waals surface area (Å²) in [5, 5.41) is 0. The molecule has 10 heteroatoms. The molecule has 0 unspecified atom stereocenters. The Bertz CT molecular complexity index is 332. The molecule has 0 aromatic heterocycles. The molecule has 0 bridgehead atoms. The number of rotatable bonds is 4. The van der Waals surface area contributed by atoms with Crippen LogP contribution in [0.15, 0.2) is 0 Å². The van der Waals surface area contributed by atoms with Crippen LogP contribution in [0.25, 0.3) is 0 Å². The maximum absolute atomic E-state index is 12.3. The first-order valence-corrected chi connectivity index (χ1v) is 5.87. The predicted molar refractivity (Wildman–Crippen MR) is 34.7 cm³/mol. The van der Waals surface area contributed by atoms with Crippen LogP contribution in [0.4, 0.5) is 17.6 Å². The fraction of sp³-hybridized carbons (Fsp3) is 1.00. The lowest BCUT2D eigenvalue weighted by Crippen LogP contribution is -2.39. The first-order chi connectivity index (χ1) is 5.62. The molecule has 0 heterocycles. The Kier molecular flexibility index (Phi) is 3.31. The van der Waals surface area contributed by atoms with Gasteiger partial charge < -0.3 is 0 Å². The summed E-state index contributed by atoms with van der Waals surface area (Å²) < 4.78 is 82.8. The molecule has 0 N–H and O–H groups in total. The van der Waals surface area contributed by atoms with Crippen LogP contribution in [0.5, 0.6) is 0 Å². The van der Waals surface area contributed by atoms with Gasteiger partial charge in [0.15, 0.2) is 12.0 Å². The average molecular weight is 244 g/mol. The molecular weight excluding hydrogens is 240 g/mol. The second-order valence-corrected chi connectivity index (χ2v) is 6.09.